The van der Waals surface area contributed by atoms with E-state index in [1.165, 1.54) is 0 Å². The van der Waals surface area contributed by atoms with E-state index in [9.17, 15) is 0 Å². The van der Waals surface area contributed by atoms with Crippen molar-refractivity contribution in [1.29, 1.82) is 0 Å². The number of aromatic nitrogens is 2. The summed E-state index contributed by atoms with van der Waals surface area (Å²) in [7, 11) is 0. The van der Waals surface area contributed by atoms with Gasteiger partial charge in [0.25, 0.3) is 0 Å². The van der Waals surface area contributed by atoms with Crippen LogP contribution in [-0.4, -0.2) is 28.0 Å². The molecule has 0 spiro atoms. The van der Waals surface area contributed by atoms with Crippen LogP contribution in [0.15, 0.2) is 6.07 Å². The van der Waals surface area contributed by atoms with Crippen molar-refractivity contribution in [2.75, 3.05) is 6.61 Å². The molecule has 4 nitrogen and oxygen atoms in total. The van der Waals surface area contributed by atoms with Gasteiger partial charge in [0.2, 0.25) is 0 Å². The second-order valence-electron chi connectivity index (χ2n) is 3.96. The van der Waals surface area contributed by atoms with Crippen LogP contribution >= 0.6 is 0 Å². The normalized spacial score (nSPS) is 13.5. The van der Waals surface area contributed by atoms with Crippen molar-refractivity contribution >= 4 is 0 Å². The molecule has 0 saturated heterocycles. The second kappa shape index (κ2) is 5.12. The number of aliphatic hydroxyl groups is 1. The third-order valence-electron chi connectivity index (χ3n) is 2.31. The van der Waals surface area contributed by atoms with Gasteiger partial charge in [0.15, 0.2) is 0 Å². The Bertz CT molecular complexity index is 270. The van der Waals surface area contributed by atoms with Crippen LogP contribution in [0.25, 0.3) is 0 Å². The summed E-state index contributed by atoms with van der Waals surface area (Å²) in [6.45, 7) is 7.02. The molecule has 1 atom stereocenters. The van der Waals surface area contributed by atoms with Gasteiger partial charge in [0.05, 0.1) is 12.3 Å². The minimum atomic E-state index is 0.145. The number of nitrogens with zero attached hydrogens (tertiary/aromatic N) is 1. The first-order valence-corrected chi connectivity index (χ1v) is 4.98. The molecule has 0 aliphatic carbocycles. The van der Waals surface area contributed by atoms with E-state index in [1.54, 1.807) is 0 Å². The third-order valence-corrected chi connectivity index (χ3v) is 2.31. The van der Waals surface area contributed by atoms with Crippen molar-refractivity contribution in [3.63, 3.8) is 0 Å². The van der Waals surface area contributed by atoms with Gasteiger partial charge in [-0.15, -0.1) is 0 Å². The molecule has 0 aliphatic heterocycles. The van der Waals surface area contributed by atoms with E-state index >= 15 is 0 Å². The van der Waals surface area contributed by atoms with Crippen LogP contribution < -0.4 is 5.32 Å². The molecule has 3 N–H and O–H groups in total. The molecule has 1 rings (SSSR count). The van der Waals surface area contributed by atoms with Gasteiger partial charge in [0.1, 0.15) is 0 Å². The topological polar surface area (TPSA) is 60.9 Å². The van der Waals surface area contributed by atoms with Crippen molar-refractivity contribution in [3.05, 3.63) is 17.5 Å². The summed E-state index contributed by atoms with van der Waals surface area (Å²) in [6.07, 6.45) is 0. The van der Waals surface area contributed by atoms with Gasteiger partial charge >= 0.3 is 0 Å². The molecule has 80 valence electrons. The molecule has 0 unspecified atom stereocenters. The molecule has 0 bridgehead atoms. The highest BCUT2D eigenvalue weighted by molar-refractivity contribution is 5.06. The van der Waals surface area contributed by atoms with Crippen molar-refractivity contribution < 1.29 is 5.11 Å². The van der Waals surface area contributed by atoms with Gasteiger partial charge in [-0.25, -0.2) is 0 Å². The molecule has 0 fully saturated rings. The summed E-state index contributed by atoms with van der Waals surface area (Å²) in [5.41, 5.74) is 2.05. The summed E-state index contributed by atoms with van der Waals surface area (Å²) in [6, 6.07) is 2.15. The zero-order chi connectivity index (χ0) is 10.6. The molecule has 1 heterocycles. The minimum absolute atomic E-state index is 0.145. The number of aryl methyl sites for hydroxylation is 1. The maximum atomic E-state index is 9.09. The zero-order valence-electron chi connectivity index (χ0n) is 9.04. The largest absolute Gasteiger partial charge is 0.395 e. The average molecular weight is 197 g/mol. The molecular formula is C10H19N3O. The number of rotatable bonds is 5. The van der Waals surface area contributed by atoms with E-state index in [0.717, 1.165) is 11.4 Å². The summed E-state index contributed by atoms with van der Waals surface area (Å²) >= 11 is 0. The molecule has 1 aromatic rings. The Kier molecular flexibility index (Phi) is 4.10. The molecule has 0 saturated carbocycles. The Balaban J connectivity index is 2.39. The van der Waals surface area contributed by atoms with Gasteiger partial charge in [0, 0.05) is 18.3 Å². The lowest BCUT2D eigenvalue weighted by Crippen LogP contribution is -2.36. The summed E-state index contributed by atoms with van der Waals surface area (Å²) in [5.74, 6) is 0.431. The number of H-pyrrole nitrogens is 1. The van der Waals surface area contributed by atoms with Crippen molar-refractivity contribution in [3.8, 4) is 0 Å². The predicted octanol–water partition coefficient (Wildman–Crippen LogP) is 0.825. The first kappa shape index (κ1) is 11.2. The summed E-state index contributed by atoms with van der Waals surface area (Å²) in [5, 5.41) is 19.4. The number of aliphatic hydroxyl groups excluding tert-OH is 1. The molecule has 0 amide bonds. The van der Waals surface area contributed by atoms with E-state index in [0.29, 0.717) is 12.5 Å². The van der Waals surface area contributed by atoms with Gasteiger partial charge in [-0.3, -0.25) is 5.10 Å². The average Bonchev–Trinajstić information content (AvgIpc) is 2.52. The molecule has 0 aromatic carbocycles. The lowest BCUT2D eigenvalue weighted by molar-refractivity contribution is 0.209. The van der Waals surface area contributed by atoms with E-state index in [1.807, 2.05) is 13.0 Å². The SMILES string of the molecule is Cc1cc(CN[C@@H](CO)C(C)C)n[nH]1. The highest BCUT2D eigenvalue weighted by Gasteiger charge is 2.11. The van der Waals surface area contributed by atoms with E-state index in [4.69, 9.17) is 5.11 Å². The number of aromatic amines is 1. The van der Waals surface area contributed by atoms with Crippen LogP contribution in [0.5, 0.6) is 0 Å². The van der Waals surface area contributed by atoms with Crippen LogP contribution in [0, 0.1) is 12.8 Å². The molecule has 0 radical (unpaired) electrons. The molecule has 14 heavy (non-hydrogen) atoms. The number of nitrogens with one attached hydrogen (secondary N) is 2. The molecule has 4 heteroatoms. The fourth-order valence-electron chi connectivity index (χ4n) is 1.31. The maximum absolute atomic E-state index is 9.09. The molecule has 1 aromatic heterocycles. The molecule has 0 aliphatic rings. The van der Waals surface area contributed by atoms with Crippen LogP contribution in [0.1, 0.15) is 25.2 Å². The maximum Gasteiger partial charge on any atom is 0.0762 e. The van der Waals surface area contributed by atoms with Crippen LogP contribution in [0.4, 0.5) is 0 Å². The number of hydrogen-bond acceptors (Lipinski definition) is 3. The Morgan fingerprint density at radius 1 is 1.57 bits per heavy atom. The van der Waals surface area contributed by atoms with Crippen LogP contribution in [0.3, 0.4) is 0 Å². The summed E-state index contributed by atoms with van der Waals surface area (Å²) < 4.78 is 0. The van der Waals surface area contributed by atoms with E-state index in [2.05, 4.69) is 29.4 Å². The van der Waals surface area contributed by atoms with Crippen LogP contribution in [0.2, 0.25) is 0 Å². The fraction of sp³-hybridized carbons (Fsp3) is 0.700. The van der Waals surface area contributed by atoms with Crippen LogP contribution in [-0.2, 0) is 6.54 Å². The number of hydrogen-bond donors (Lipinski definition) is 3. The van der Waals surface area contributed by atoms with E-state index in [-0.39, 0.29) is 12.6 Å². The summed E-state index contributed by atoms with van der Waals surface area (Å²) in [4.78, 5) is 0. The third kappa shape index (κ3) is 3.12. The smallest absolute Gasteiger partial charge is 0.0762 e. The van der Waals surface area contributed by atoms with Gasteiger partial charge in [-0.1, -0.05) is 13.8 Å². The zero-order valence-corrected chi connectivity index (χ0v) is 9.04. The minimum Gasteiger partial charge on any atom is -0.395 e. The van der Waals surface area contributed by atoms with Gasteiger partial charge in [-0.05, 0) is 18.9 Å². The Labute approximate surface area is 84.7 Å². The van der Waals surface area contributed by atoms with E-state index < -0.39 is 0 Å². The Morgan fingerprint density at radius 3 is 2.71 bits per heavy atom. The monoisotopic (exact) mass is 197 g/mol. The standard InChI is InChI=1S/C10H19N3O/c1-7(2)10(6-14)11-5-9-4-8(3)12-13-9/h4,7,10-11,14H,5-6H2,1-3H3,(H,12,13)/t10-/m0/s1. The second-order valence-corrected chi connectivity index (χ2v) is 3.96. The van der Waals surface area contributed by atoms with Crippen molar-refractivity contribution in [1.82, 2.24) is 15.5 Å². The first-order valence-electron chi connectivity index (χ1n) is 4.98. The lowest BCUT2D eigenvalue weighted by Gasteiger charge is -2.18. The Morgan fingerprint density at radius 2 is 2.29 bits per heavy atom. The van der Waals surface area contributed by atoms with Crippen molar-refractivity contribution in [2.24, 2.45) is 5.92 Å². The Hall–Kier alpha value is -0.870. The highest BCUT2D eigenvalue weighted by atomic mass is 16.3. The van der Waals surface area contributed by atoms with Crippen molar-refractivity contribution in [2.45, 2.75) is 33.4 Å². The molecular weight excluding hydrogens is 178 g/mol. The highest BCUT2D eigenvalue weighted by Crippen LogP contribution is 2.03. The fourth-order valence-corrected chi connectivity index (χ4v) is 1.31. The van der Waals surface area contributed by atoms with Gasteiger partial charge < -0.3 is 10.4 Å². The van der Waals surface area contributed by atoms with Gasteiger partial charge in [-0.2, -0.15) is 5.10 Å². The quantitative estimate of drug-likeness (QED) is 0.655. The predicted molar refractivity (Wildman–Crippen MR) is 55.9 cm³/mol. The first-order chi connectivity index (χ1) is 6.63. The lowest BCUT2D eigenvalue weighted by atomic mass is 10.1.